The van der Waals surface area contributed by atoms with Gasteiger partial charge in [-0.1, -0.05) is 24.3 Å². The fraction of sp³-hybridized carbons (Fsp3) is 0.258. The predicted molar refractivity (Wildman–Crippen MR) is 143 cm³/mol. The number of ketones is 1. The van der Waals surface area contributed by atoms with Gasteiger partial charge in [-0.15, -0.1) is 0 Å². The molecule has 1 heterocycles. The van der Waals surface area contributed by atoms with Gasteiger partial charge in [0, 0.05) is 11.3 Å². The van der Waals surface area contributed by atoms with Crippen LogP contribution in [0.5, 0.6) is 5.75 Å². The van der Waals surface area contributed by atoms with E-state index < -0.39 is 23.7 Å². The maximum atomic E-state index is 13.5. The largest absolute Gasteiger partial charge is 0.507 e. The molecule has 0 aromatic heterocycles. The SMILES string of the molecule is CCOC(=O)c1ccc(N2C(=O)C(=O)/C(=C(\O)c3ccc4c(c3)CCCC4)C2c2ccc(OC)cc2)cc1. The van der Waals surface area contributed by atoms with Crippen LogP contribution in [0.15, 0.2) is 72.3 Å². The third-order valence-corrected chi connectivity index (χ3v) is 7.15. The van der Waals surface area contributed by atoms with Crippen LogP contribution in [0.2, 0.25) is 0 Å². The van der Waals surface area contributed by atoms with Crippen LogP contribution < -0.4 is 9.64 Å². The first-order valence-electron chi connectivity index (χ1n) is 12.8. The van der Waals surface area contributed by atoms with Gasteiger partial charge in [0.1, 0.15) is 11.5 Å². The van der Waals surface area contributed by atoms with Crippen LogP contribution in [0.3, 0.4) is 0 Å². The summed E-state index contributed by atoms with van der Waals surface area (Å²) in [6.07, 6.45) is 4.12. The molecule has 194 valence electrons. The molecule has 1 aliphatic carbocycles. The Morgan fingerprint density at radius 1 is 0.921 bits per heavy atom. The van der Waals surface area contributed by atoms with Gasteiger partial charge in [0.2, 0.25) is 0 Å². The number of ether oxygens (including phenoxy) is 2. The summed E-state index contributed by atoms with van der Waals surface area (Å²) in [4.78, 5) is 40.4. The molecule has 2 aliphatic rings. The van der Waals surface area contributed by atoms with Crippen molar-refractivity contribution < 1.29 is 29.0 Å². The first-order chi connectivity index (χ1) is 18.4. The van der Waals surface area contributed by atoms with E-state index in [1.807, 2.05) is 18.2 Å². The molecule has 38 heavy (non-hydrogen) atoms. The highest BCUT2D eigenvalue weighted by Gasteiger charge is 2.47. The minimum Gasteiger partial charge on any atom is -0.507 e. The Labute approximate surface area is 221 Å². The topological polar surface area (TPSA) is 93.1 Å². The molecule has 1 fully saturated rings. The third-order valence-electron chi connectivity index (χ3n) is 7.15. The highest BCUT2D eigenvalue weighted by molar-refractivity contribution is 6.51. The second-order valence-corrected chi connectivity index (χ2v) is 9.40. The number of benzene rings is 3. The second kappa shape index (κ2) is 10.5. The molecule has 5 rings (SSSR count). The summed E-state index contributed by atoms with van der Waals surface area (Å²) < 4.78 is 10.3. The number of aliphatic hydroxyl groups excluding tert-OH is 1. The van der Waals surface area contributed by atoms with Gasteiger partial charge in [-0.3, -0.25) is 14.5 Å². The molecule has 0 saturated carbocycles. The van der Waals surface area contributed by atoms with Crippen molar-refractivity contribution in [1.82, 2.24) is 0 Å². The van der Waals surface area contributed by atoms with Gasteiger partial charge in [0.15, 0.2) is 0 Å². The molecule has 1 amide bonds. The van der Waals surface area contributed by atoms with E-state index in [0.717, 1.165) is 31.2 Å². The number of carbonyl (C=O) groups excluding carboxylic acids is 3. The molecular formula is C31H29NO6. The lowest BCUT2D eigenvalue weighted by Gasteiger charge is -2.26. The Morgan fingerprint density at radius 2 is 1.58 bits per heavy atom. The van der Waals surface area contributed by atoms with Gasteiger partial charge in [0.05, 0.1) is 30.9 Å². The van der Waals surface area contributed by atoms with Crippen LogP contribution in [0.4, 0.5) is 5.69 Å². The summed E-state index contributed by atoms with van der Waals surface area (Å²) >= 11 is 0. The summed E-state index contributed by atoms with van der Waals surface area (Å²) in [6, 6.07) is 18.2. The molecule has 3 aromatic carbocycles. The van der Waals surface area contributed by atoms with Gasteiger partial charge in [-0.05, 0) is 91.8 Å². The zero-order chi connectivity index (χ0) is 26.8. The molecule has 1 saturated heterocycles. The minimum absolute atomic E-state index is 0.0189. The molecular weight excluding hydrogens is 482 g/mol. The zero-order valence-corrected chi connectivity index (χ0v) is 21.4. The quantitative estimate of drug-likeness (QED) is 0.207. The maximum absolute atomic E-state index is 13.5. The van der Waals surface area contributed by atoms with Crippen molar-refractivity contribution in [2.75, 3.05) is 18.6 Å². The number of amides is 1. The van der Waals surface area contributed by atoms with E-state index in [1.54, 1.807) is 62.6 Å². The Balaban J connectivity index is 1.62. The molecule has 0 radical (unpaired) electrons. The molecule has 1 atom stereocenters. The van der Waals surface area contributed by atoms with Crippen molar-refractivity contribution >= 4 is 29.1 Å². The highest BCUT2D eigenvalue weighted by Crippen LogP contribution is 2.43. The summed E-state index contributed by atoms with van der Waals surface area (Å²) in [5.74, 6) is -1.58. The summed E-state index contributed by atoms with van der Waals surface area (Å²) in [5, 5.41) is 11.5. The average Bonchev–Trinajstić information content (AvgIpc) is 3.22. The number of nitrogens with zero attached hydrogens (tertiary/aromatic N) is 1. The van der Waals surface area contributed by atoms with E-state index in [4.69, 9.17) is 9.47 Å². The smallest absolute Gasteiger partial charge is 0.338 e. The summed E-state index contributed by atoms with van der Waals surface area (Å²) in [5.41, 5.74) is 4.34. The van der Waals surface area contributed by atoms with Crippen LogP contribution >= 0.6 is 0 Å². The van der Waals surface area contributed by atoms with Crippen molar-refractivity contribution in [3.8, 4) is 5.75 Å². The van der Waals surface area contributed by atoms with Crippen LogP contribution in [0.25, 0.3) is 5.76 Å². The highest BCUT2D eigenvalue weighted by atomic mass is 16.5. The van der Waals surface area contributed by atoms with Crippen LogP contribution in [-0.2, 0) is 27.2 Å². The zero-order valence-electron chi connectivity index (χ0n) is 21.4. The first kappa shape index (κ1) is 25.3. The van der Waals surface area contributed by atoms with Crippen molar-refractivity contribution in [3.05, 3.63) is 100 Å². The number of methoxy groups -OCH3 is 1. The van der Waals surface area contributed by atoms with Crippen LogP contribution in [0, 0.1) is 0 Å². The number of esters is 1. The molecule has 1 aliphatic heterocycles. The summed E-state index contributed by atoms with van der Waals surface area (Å²) in [7, 11) is 1.56. The Kier molecular flexibility index (Phi) is 7.01. The average molecular weight is 512 g/mol. The molecule has 0 spiro atoms. The van der Waals surface area contributed by atoms with Crippen LogP contribution in [-0.4, -0.2) is 36.5 Å². The molecule has 1 unspecified atom stereocenters. The maximum Gasteiger partial charge on any atom is 0.338 e. The Hall–Kier alpha value is -4.39. The molecule has 1 N–H and O–H groups in total. The fourth-order valence-corrected chi connectivity index (χ4v) is 5.21. The van der Waals surface area contributed by atoms with Gasteiger partial charge in [-0.25, -0.2) is 4.79 Å². The van der Waals surface area contributed by atoms with Crippen LogP contribution in [0.1, 0.15) is 58.4 Å². The number of carbonyl (C=O) groups is 3. The van der Waals surface area contributed by atoms with Crippen molar-refractivity contribution in [2.24, 2.45) is 0 Å². The molecule has 7 nitrogen and oxygen atoms in total. The lowest BCUT2D eigenvalue weighted by atomic mass is 9.88. The molecule has 7 heteroatoms. The van der Waals surface area contributed by atoms with Crippen molar-refractivity contribution in [3.63, 3.8) is 0 Å². The number of anilines is 1. The Bertz CT molecular complexity index is 1420. The van der Waals surface area contributed by atoms with E-state index in [0.29, 0.717) is 28.1 Å². The van der Waals surface area contributed by atoms with Gasteiger partial charge in [-0.2, -0.15) is 0 Å². The van der Waals surface area contributed by atoms with E-state index in [1.165, 1.54) is 10.5 Å². The monoisotopic (exact) mass is 511 g/mol. The van der Waals surface area contributed by atoms with E-state index in [-0.39, 0.29) is 17.9 Å². The number of fused-ring (bicyclic) bond motifs is 1. The number of hydrogen-bond donors (Lipinski definition) is 1. The second-order valence-electron chi connectivity index (χ2n) is 9.40. The lowest BCUT2D eigenvalue weighted by molar-refractivity contribution is -0.132. The standard InChI is InChI=1S/C31H29NO6/c1-3-38-31(36)21-10-14-24(15-11-21)32-27(20-12-16-25(37-2)17-13-20)26(29(34)30(32)35)28(33)23-9-8-19-6-4-5-7-22(19)18-23/h8-18,27,33H,3-7H2,1-2H3/b28-26-. The van der Waals surface area contributed by atoms with E-state index in [9.17, 15) is 19.5 Å². The third kappa shape index (κ3) is 4.56. The van der Waals surface area contributed by atoms with Crippen molar-refractivity contribution in [1.29, 1.82) is 0 Å². The number of rotatable bonds is 6. The summed E-state index contributed by atoms with van der Waals surface area (Å²) in [6.45, 7) is 1.97. The van der Waals surface area contributed by atoms with Gasteiger partial charge < -0.3 is 14.6 Å². The number of Topliss-reactive ketones (excluding diaryl/α,β-unsaturated/α-hetero) is 1. The fourth-order valence-electron chi connectivity index (χ4n) is 5.21. The Morgan fingerprint density at radius 3 is 2.24 bits per heavy atom. The van der Waals surface area contributed by atoms with Crippen molar-refractivity contribution in [2.45, 2.75) is 38.6 Å². The van der Waals surface area contributed by atoms with Gasteiger partial charge in [0.25, 0.3) is 11.7 Å². The number of hydrogen-bond acceptors (Lipinski definition) is 6. The first-order valence-corrected chi connectivity index (χ1v) is 12.8. The van der Waals surface area contributed by atoms with Gasteiger partial charge >= 0.3 is 5.97 Å². The van der Waals surface area contributed by atoms with E-state index >= 15 is 0 Å². The lowest BCUT2D eigenvalue weighted by Crippen LogP contribution is -2.29. The molecule has 3 aromatic rings. The minimum atomic E-state index is -0.870. The molecule has 0 bridgehead atoms. The number of aryl methyl sites for hydroxylation is 2. The number of aliphatic hydroxyl groups is 1. The predicted octanol–water partition coefficient (Wildman–Crippen LogP) is 5.38. The normalized spacial score (nSPS) is 18.3. The van der Waals surface area contributed by atoms with E-state index in [2.05, 4.69) is 0 Å².